The summed E-state index contributed by atoms with van der Waals surface area (Å²) >= 11 is 7.12. The first-order valence-electron chi connectivity index (χ1n) is 20.4. The topological polar surface area (TPSA) is 106 Å². The number of aliphatic carboxylic acids is 1. The molecule has 0 radical (unpaired) electrons. The first kappa shape index (κ1) is 46.0. The highest BCUT2D eigenvalue weighted by Gasteiger charge is 2.43. The summed E-state index contributed by atoms with van der Waals surface area (Å²) in [6.45, 7) is 8.50. The monoisotopic (exact) mass is 809 g/mol. The number of carboxylic acid groups (broad SMARTS) is 1. The first-order chi connectivity index (χ1) is 28.9. The molecule has 0 aromatic heterocycles. The third-order valence-electron chi connectivity index (χ3n) is 10.3. The molecule has 2 fully saturated rings. The average molecular weight is 810 g/mol. The Hall–Kier alpha value is -5.66. The summed E-state index contributed by atoms with van der Waals surface area (Å²) in [5, 5.41) is 15.0. The Morgan fingerprint density at radius 3 is 1.07 bits per heavy atom. The molecule has 6 aromatic carbocycles. The van der Waals surface area contributed by atoms with Crippen molar-refractivity contribution in [2.45, 2.75) is 43.0 Å². The van der Waals surface area contributed by atoms with Gasteiger partial charge in [0.1, 0.15) is 4.87 Å². The molecule has 2 heterocycles. The van der Waals surface area contributed by atoms with Gasteiger partial charge in [0, 0.05) is 19.1 Å². The van der Waals surface area contributed by atoms with E-state index in [1.165, 1.54) is 56.0 Å². The Balaban J connectivity index is 0.000000200. The van der Waals surface area contributed by atoms with Crippen molar-refractivity contribution in [3.63, 3.8) is 0 Å². The van der Waals surface area contributed by atoms with Crippen LogP contribution in [0.1, 0.15) is 66.0 Å². The number of nitrogens with zero attached hydrogens (tertiary/aromatic N) is 1. The van der Waals surface area contributed by atoms with E-state index in [0.717, 1.165) is 42.9 Å². The van der Waals surface area contributed by atoms with Crippen LogP contribution < -0.4 is 15.7 Å². The third kappa shape index (κ3) is 13.2. The zero-order chi connectivity index (χ0) is 42.0. The van der Waals surface area contributed by atoms with Crippen LogP contribution in [0.5, 0.6) is 0 Å². The molecule has 8 heteroatoms. The van der Waals surface area contributed by atoms with Gasteiger partial charge in [-0.1, -0.05) is 195 Å². The van der Waals surface area contributed by atoms with E-state index in [2.05, 4.69) is 143 Å². The lowest BCUT2D eigenvalue weighted by Gasteiger charge is -2.46. The number of benzene rings is 6. The van der Waals surface area contributed by atoms with Crippen LogP contribution in [-0.4, -0.2) is 56.3 Å². The summed E-state index contributed by atoms with van der Waals surface area (Å²) in [5.41, 5.74) is 7.04. The standard InChI is InChI=1S/C23H24N2.C19H15Cl.C5H11N.C3H6O2.CO2/c1-4-10-20(11-5-1)23(21-12-6-2-7-13-21,22-14-8-3-9-15-22)25-18-16-24-17-19-25;20-19(16-10-4-1-5-11-16,17-12-6-2-7-13-17)18-14-8-3-9-15-18;1-2-4-6-5-3-1;1-2-3(4)5;2-1-3/h1-15,24H,16-19H2;1-15H;6H,1-5H2;2H2,1H3,(H,4,5);. The van der Waals surface area contributed by atoms with Gasteiger partial charge in [-0.15, -0.1) is 11.6 Å². The lowest BCUT2D eigenvalue weighted by molar-refractivity contribution is -0.664. The molecule has 0 saturated carbocycles. The van der Waals surface area contributed by atoms with Gasteiger partial charge in [0.05, 0.1) is 18.6 Å². The Labute approximate surface area is 355 Å². The molecule has 2 aliphatic rings. The number of hydrogen-bond acceptors (Lipinski definition) is 6. The second-order valence-corrected chi connectivity index (χ2v) is 14.6. The van der Waals surface area contributed by atoms with Crippen molar-refractivity contribution in [2.75, 3.05) is 39.3 Å². The third-order valence-corrected chi connectivity index (χ3v) is 10.9. The molecular weight excluding hydrogens is 754 g/mol. The van der Waals surface area contributed by atoms with Crippen molar-refractivity contribution < 1.29 is 24.8 Å². The Morgan fingerprint density at radius 2 is 0.847 bits per heavy atom. The Bertz CT molecular complexity index is 1840. The van der Waals surface area contributed by atoms with Gasteiger partial charge in [-0.05, 0) is 65.7 Å². The van der Waals surface area contributed by atoms with E-state index in [9.17, 15) is 9.90 Å². The van der Waals surface area contributed by atoms with Crippen LogP contribution in [0.2, 0.25) is 0 Å². The fraction of sp³-hybridized carbons (Fsp3) is 0.255. The van der Waals surface area contributed by atoms with Gasteiger partial charge in [-0.3, -0.25) is 4.90 Å². The van der Waals surface area contributed by atoms with Gasteiger partial charge < -0.3 is 20.5 Å². The number of rotatable bonds is 8. The number of nitrogens with two attached hydrogens (primary N) is 1. The number of alkyl halides is 1. The van der Waals surface area contributed by atoms with Gasteiger partial charge in [-0.25, -0.2) is 0 Å². The van der Waals surface area contributed by atoms with E-state index in [1.54, 1.807) is 0 Å². The highest BCUT2D eigenvalue weighted by Crippen LogP contribution is 2.43. The minimum atomic E-state index is -0.995. The molecule has 0 bridgehead atoms. The SMILES string of the molecule is C1CCNCC1.CCC(=O)[O-].ClC(c1ccccc1)(c1ccccc1)c1ccccc1.O=C=O.c1ccc(C(c2ccccc2)(c2ccccc2)N2CC[NH2+]CC2)cc1. The van der Waals surface area contributed by atoms with Crippen LogP contribution in [0, 0.1) is 0 Å². The number of piperazine rings is 1. The second-order valence-electron chi connectivity index (χ2n) is 14.0. The van der Waals surface area contributed by atoms with E-state index in [1.807, 2.05) is 54.6 Å². The minimum Gasteiger partial charge on any atom is -0.550 e. The molecular formula is C51H56ClN3O4. The molecule has 7 nitrogen and oxygen atoms in total. The maximum Gasteiger partial charge on any atom is 0.373 e. The molecule has 0 amide bonds. The van der Waals surface area contributed by atoms with Crippen LogP contribution in [0.3, 0.4) is 0 Å². The number of carboxylic acids is 1. The van der Waals surface area contributed by atoms with Crippen molar-refractivity contribution in [1.29, 1.82) is 0 Å². The van der Waals surface area contributed by atoms with Gasteiger partial charge in [0.25, 0.3) is 0 Å². The molecule has 0 spiro atoms. The zero-order valence-corrected chi connectivity index (χ0v) is 34.7. The molecule has 0 aliphatic carbocycles. The number of halogens is 1. The van der Waals surface area contributed by atoms with Gasteiger partial charge >= 0.3 is 6.15 Å². The van der Waals surface area contributed by atoms with Gasteiger partial charge in [0.2, 0.25) is 0 Å². The second kappa shape index (κ2) is 25.6. The number of quaternary nitrogens is 1. The summed E-state index contributed by atoms with van der Waals surface area (Å²) in [7, 11) is 0. The Morgan fingerprint density at radius 1 is 0.576 bits per heavy atom. The molecule has 8 rings (SSSR count). The highest BCUT2D eigenvalue weighted by molar-refractivity contribution is 6.28. The van der Waals surface area contributed by atoms with Crippen LogP contribution in [-0.2, 0) is 24.8 Å². The molecule has 3 N–H and O–H groups in total. The van der Waals surface area contributed by atoms with Crippen LogP contribution in [0.4, 0.5) is 0 Å². The number of hydrogen-bond donors (Lipinski definition) is 2. The van der Waals surface area contributed by atoms with Crippen LogP contribution in [0.25, 0.3) is 0 Å². The highest BCUT2D eigenvalue weighted by atomic mass is 35.5. The maximum atomic E-state index is 9.26. The smallest absolute Gasteiger partial charge is 0.373 e. The Kier molecular flexibility index (Phi) is 20.0. The first-order valence-corrected chi connectivity index (χ1v) is 20.8. The molecule has 6 aromatic rings. The zero-order valence-electron chi connectivity index (χ0n) is 33.9. The molecule has 0 atom stereocenters. The van der Waals surface area contributed by atoms with Gasteiger partial charge in [0.15, 0.2) is 0 Å². The van der Waals surface area contributed by atoms with E-state index < -0.39 is 10.8 Å². The lowest BCUT2D eigenvalue weighted by Crippen LogP contribution is -2.90. The fourth-order valence-corrected chi connectivity index (χ4v) is 7.85. The maximum absolute atomic E-state index is 9.26. The normalized spacial score (nSPS) is 13.7. The summed E-state index contributed by atoms with van der Waals surface area (Å²) in [6.07, 6.45) is 4.58. The minimum absolute atomic E-state index is 0.111. The number of nitrogens with one attached hydrogen (secondary N) is 1. The molecule has 2 aliphatic heterocycles. The molecule has 59 heavy (non-hydrogen) atoms. The van der Waals surface area contributed by atoms with E-state index in [-0.39, 0.29) is 18.1 Å². The van der Waals surface area contributed by atoms with Crippen molar-refractivity contribution >= 4 is 23.7 Å². The van der Waals surface area contributed by atoms with Crippen molar-refractivity contribution in [3.05, 3.63) is 215 Å². The van der Waals surface area contributed by atoms with E-state index >= 15 is 0 Å². The van der Waals surface area contributed by atoms with E-state index in [4.69, 9.17) is 21.2 Å². The average Bonchev–Trinajstić information content (AvgIpc) is 3.33. The summed E-state index contributed by atoms with van der Waals surface area (Å²) in [5.74, 6) is -0.995. The number of carbonyl (C=O) groups is 1. The summed E-state index contributed by atoms with van der Waals surface area (Å²) in [6, 6.07) is 63.6. The van der Waals surface area contributed by atoms with Crippen molar-refractivity contribution in [1.82, 2.24) is 10.2 Å². The van der Waals surface area contributed by atoms with Crippen molar-refractivity contribution in [3.8, 4) is 0 Å². The predicted octanol–water partition coefficient (Wildman–Crippen LogP) is 7.40. The summed E-state index contributed by atoms with van der Waals surface area (Å²) < 4.78 is 0. The summed E-state index contributed by atoms with van der Waals surface area (Å²) in [4.78, 5) is 27.5. The van der Waals surface area contributed by atoms with Crippen LogP contribution >= 0.6 is 11.6 Å². The number of carbonyl (C=O) groups excluding carboxylic acids is 3. The largest absolute Gasteiger partial charge is 0.550 e. The molecule has 2 saturated heterocycles. The molecule has 306 valence electrons. The predicted molar refractivity (Wildman–Crippen MR) is 235 cm³/mol. The van der Waals surface area contributed by atoms with Crippen molar-refractivity contribution in [2.24, 2.45) is 0 Å². The fourth-order valence-electron chi connectivity index (χ4n) is 7.48. The number of piperidine rings is 1. The quantitative estimate of drug-likeness (QED) is 0.123. The molecule has 0 unspecified atom stereocenters. The van der Waals surface area contributed by atoms with Crippen LogP contribution in [0.15, 0.2) is 182 Å². The van der Waals surface area contributed by atoms with E-state index in [0.29, 0.717) is 0 Å². The van der Waals surface area contributed by atoms with Gasteiger partial charge in [-0.2, -0.15) is 9.59 Å². The lowest BCUT2D eigenvalue weighted by atomic mass is 9.75.